The number of benzene rings is 1. The predicted molar refractivity (Wildman–Crippen MR) is 78.0 cm³/mol. The molecular formula is C15H19N3O2. The normalized spacial score (nSPS) is 17.7. The fraction of sp³-hybridized carbons (Fsp3) is 0.400. The lowest BCUT2D eigenvalue weighted by Crippen LogP contribution is -2.20. The predicted octanol–water partition coefficient (Wildman–Crippen LogP) is 2.16. The van der Waals surface area contributed by atoms with Crippen LogP contribution in [0.4, 0.5) is 0 Å². The fourth-order valence-corrected chi connectivity index (χ4v) is 2.87. The minimum absolute atomic E-state index is 0.152. The minimum atomic E-state index is 0.152. The van der Waals surface area contributed by atoms with Gasteiger partial charge in [-0.15, -0.1) is 0 Å². The number of fused-ring (bicyclic) bond motifs is 1. The van der Waals surface area contributed by atoms with Crippen LogP contribution in [0, 0.1) is 5.92 Å². The maximum atomic E-state index is 8.86. The lowest BCUT2D eigenvalue weighted by Gasteiger charge is -2.22. The van der Waals surface area contributed by atoms with E-state index in [1.165, 1.54) is 0 Å². The molecule has 5 nitrogen and oxygen atoms in total. The second kappa shape index (κ2) is 5.54. The number of nitrogens with two attached hydrogens (primary N) is 1. The summed E-state index contributed by atoms with van der Waals surface area (Å²) >= 11 is 0. The molecular weight excluding hydrogens is 254 g/mol. The zero-order chi connectivity index (χ0) is 13.9. The third kappa shape index (κ3) is 2.36. The van der Waals surface area contributed by atoms with Crippen molar-refractivity contribution in [3.05, 3.63) is 36.0 Å². The van der Waals surface area contributed by atoms with Crippen molar-refractivity contribution in [3.63, 3.8) is 0 Å². The van der Waals surface area contributed by atoms with Gasteiger partial charge in [-0.1, -0.05) is 17.3 Å². The Kier molecular flexibility index (Phi) is 3.60. The highest BCUT2D eigenvalue weighted by Gasteiger charge is 2.16. The molecule has 2 aromatic rings. The average Bonchev–Trinajstić information content (AvgIpc) is 2.91. The van der Waals surface area contributed by atoms with E-state index in [1.807, 2.05) is 18.2 Å². The van der Waals surface area contributed by atoms with Crippen LogP contribution in [0.25, 0.3) is 10.9 Å². The van der Waals surface area contributed by atoms with Crippen LogP contribution in [0.1, 0.15) is 18.4 Å². The number of hydrogen-bond donors (Lipinski definition) is 2. The molecule has 1 aliphatic heterocycles. The standard InChI is InChI=1S/C15H19N3O2/c16-15(17-19)13-2-1-3-14-12(13)4-7-18(14)10-11-5-8-20-9-6-11/h1-4,7,11,19H,5-6,8-10H2,(H2,16,17). The topological polar surface area (TPSA) is 72.8 Å². The van der Waals surface area contributed by atoms with Gasteiger partial charge in [-0.05, 0) is 30.9 Å². The van der Waals surface area contributed by atoms with E-state index in [4.69, 9.17) is 15.7 Å². The van der Waals surface area contributed by atoms with E-state index >= 15 is 0 Å². The van der Waals surface area contributed by atoms with E-state index in [9.17, 15) is 0 Å². The number of aromatic nitrogens is 1. The van der Waals surface area contributed by atoms with Crippen molar-refractivity contribution < 1.29 is 9.94 Å². The summed E-state index contributed by atoms with van der Waals surface area (Å²) in [4.78, 5) is 0. The zero-order valence-corrected chi connectivity index (χ0v) is 11.3. The minimum Gasteiger partial charge on any atom is -0.409 e. The molecule has 0 radical (unpaired) electrons. The third-order valence-electron chi connectivity index (χ3n) is 3.99. The van der Waals surface area contributed by atoms with E-state index in [0.717, 1.165) is 49.1 Å². The molecule has 0 atom stereocenters. The van der Waals surface area contributed by atoms with Gasteiger partial charge < -0.3 is 20.2 Å². The number of nitrogens with zero attached hydrogens (tertiary/aromatic N) is 2. The first kappa shape index (κ1) is 13.0. The molecule has 3 N–H and O–H groups in total. The van der Waals surface area contributed by atoms with Gasteiger partial charge in [0.25, 0.3) is 0 Å². The van der Waals surface area contributed by atoms with Crippen LogP contribution in [0.5, 0.6) is 0 Å². The van der Waals surface area contributed by atoms with Crippen molar-refractivity contribution >= 4 is 16.7 Å². The maximum Gasteiger partial charge on any atom is 0.170 e. The highest BCUT2D eigenvalue weighted by Crippen LogP contribution is 2.24. The lowest BCUT2D eigenvalue weighted by atomic mass is 10.0. The summed E-state index contributed by atoms with van der Waals surface area (Å²) in [6, 6.07) is 7.91. The monoisotopic (exact) mass is 273 g/mol. The smallest absolute Gasteiger partial charge is 0.170 e. The van der Waals surface area contributed by atoms with Crippen LogP contribution < -0.4 is 5.73 Å². The van der Waals surface area contributed by atoms with E-state index in [1.54, 1.807) is 0 Å². The fourth-order valence-electron chi connectivity index (χ4n) is 2.87. The molecule has 106 valence electrons. The maximum absolute atomic E-state index is 8.86. The average molecular weight is 273 g/mol. The molecule has 0 aliphatic carbocycles. The summed E-state index contributed by atoms with van der Waals surface area (Å²) in [6.45, 7) is 2.71. The molecule has 1 aromatic carbocycles. The van der Waals surface area contributed by atoms with Crippen LogP contribution in [-0.2, 0) is 11.3 Å². The molecule has 1 aliphatic rings. The molecule has 2 heterocycles. The molecule has 0 amide bonds. The Balaban J connectivity index is 1.93. The van der Waals surface area contributed by atoms with Crippen LogP contribution in [0.3, 0.4) is 0 Å². The van der Waals surface area contributed by atoms with Crippen molar-refractivity contribution in [1.29, 1.82) is 0 Å². The van der Waals surface area contributed by atoms with Gasteiger partial charge in [-0.2, -0.15) is 0 Å². The third-order valence-corrected chi connectivity index (χ3v) is 3.99. The number of ether oxygens (including phenoxy) is 1. The van der Waals surface area contributed by atoms with Crippen LogP contribution >= 0.6 is 0 Å². The molecule has 0 spiro atoms. The first-order valence-electron chi connectivity index (χ1n) is 6.93. The van der Waals surface area contributed by atoms with Gasteiger partial charge in [0.1, 0.15) is 0 Å². The Morgan fingerprint density at radius 2 is 2.15 bits per heavy atom. The van der Waals surface area contributed by atoms with E-state index in [-0.39, 0.29) is 5.84 Å². The lowest BCUT2D eigenvalue weighted by molar-refractivity contribution is 0.0616. The molecule has 1 fully saturated rings. The number of oxime groups is 1. The van der Waals surface area contributed by atoms with Gasteiger partial charge in [0.15, 0.2) is 5.84 Å². The van der Waals surface area contributed by atoms with E-state index < -0.39 is 0 Å². The van der Waals surface area contributed by atoms with E-state index in [0.29, 0.717) is 5.92 Å². The number of amidine groups is 1. The summed E-state index contributed by atoms with van der Waals surface area (Å²) in [5, 5.41) is 13.0. The van der Waals surface area contributed by atoms with Gasteiger partial charge in [0.05, 0.1) is 0 Å². The van der Waals surface area contributed by atoms with Crippen molar-refractivity contribution in [2.45, 2.75) is 19.4 Å². The summed E-state index contributed by atoms with van der Waals surface area (Å²) in [7, 11) is 0. The first-order valence-corrected chi connectivity index (χ1v) is 6.93. The summed E-state index contributed by atoms with van der Waals surface area (Å²) in [5.74, 6) is 0.811. The van der Waals surface area contributed by atoms with E-state index in [2.05, 4.69) is 22.0 Å². The highest BCUT2D eigenvalue weighted by molar-refractivity contribution is 6.08. The van der Waals surface area contributed by atoms with Gasteiger partial charge >= 0.3 is 0 Å². The van der Waals surface area contributed by atoms with Crippen molar-refractivity contribution in [2.24, 2.45) is 16.8 Å². The zero-order valence-electron chi connectivity index (χ0n) is 11.3. The van der Waals surface area contributed by atoms with Crippen molar-refractivity contribution in [2.75, 3.05) is 13.2 Å². The Morgan fingerprint density at radius 1 is 1.35 bits per heavy atom. The second-order valence-corrected chi connectivity index (χ2v) is 5.25. The molecule has 0 unspecified atom stereocenters. The Bertz CT molecular complexity index is 627. The Morgan fingerprint density at radius 3 is 2.90 bits per heavy atom. The summed E-state index contributed by atoms with van der Waals surface area (Å²) < 4.78 is 7.65. The molecule has 1 saturated heterocycles. The highest BCUT2D eigenvalue weighted by atomic mass is 16.5. The molecule has 20 heavy (non-hydrogen) atoms. The van der Waals surface area contributed by atoms with Gasteiger partial charge in [0.2, 0.25) is 0 Å². The molecule has 5 heteroatoms. The summed E-state index contributed by atoms with van der Waals surface area (Å²) in [6.07, 6.45) is 4.30. The molecule has 3 rings (SSSR count). The van der Waals surface area contributed by atoms with Crippen LogP contribution in [-0.4, -0.2) is 28.8 Å². The second-order valence-electron chi connectivity index (χ2n) is 5.25. The Labute approximate surface area is 117 Å². The SMILES string of the molecule is N/C(=N/O)c1cccc2c1ccn2CC1CCOCC1. The van der Waals surface area contributed by atoms with Gasteiger partial charge in [-0.25, -0.2) is 0 Å². The molecule has 0 bridgehead atoms. The van der Waals surface area contributed by atoms with Crippen LogP contribution in [0.15, 0.2) is 35.6 Å². The number of hydrogen-bond acceptors (Lipinski definition) is 3. The quantitative estimate of drug-likeness (QED) is 0.389. The van der Waals surface area contributed by atoms with Crippen LogP contribution in [0.2, 0.25) is 0 Å². The largest absolute Gasteiger partial charge is 0.409 e. The molecule has 0 saturated carbocycles. The molecule has 1 aromatic heterocycles. The van der Waals surface area contributed by atoms with Gasteiger partial charge in [0, 0.05) is 42.4 Å². The first-order chi connectivity index (χ1) is 9.79. The van der Waals surface area contributed by atoms with Gasteiger partial charge in [-0.3, -0.25) is 0 Å². The van der Waals surface area contributed by atoms with Crippen molar-refractivity contribution in [3.8, 4) is 0 Å². The summed E-state index contributed by atoms with van der Waals surface area (Å²) in [5.41, 5.74) is 7.63. The number of rotatable bonds is 3. The van der Waals surface area contributed by atoms with Crippen molar-refractivity contribution in [1.82, 2.24) is 4.57 Å². The Hall–Kier alpha value is -2.01.